The summed E-state index contributed by atoms with van der Waals surface area (Å²) in [6.45, 7) is 3.04. The Bertz CT molecular complexity index is 902. The maximum atomic E-state index is 13.8. The van der Waals surface area contributed by atoms with Gasteiger partial charge in [-0.3, -0.25) is 4.79 Å². The Kier molecular flexibility index (Phi) is 7.01. The number of benzene rings is 2. The summed E-state index contributed by atoms with van der Waals surface area (Å²) in [5, 5.41) is 3.32. The van der Waals surface area contributed by atoms with Gasteiger partial charge in [0, 0.05) is 31.8 Å². The van der Waals surface area contributed by atoms with Crippen molar-refractivity contribution in [2.75, 3.05) is 47.2 Å². The molecule has 0 aromatic heterocycles. The smallest absolute Gasteiger partial charge is 0.230 e. The van der Waals surface area contributed by atoms with Crippen molar-refractivity contribution in [3.05, 3.63) is 59.7 Å². The van der Waals surface area contributed by atoms with Crippen LogP contribution in [0.25, 0.3) is 0 Å². The highest BCUT2D eigenvalue weighted by Crippen LogP contribution is 2.40. The van der Waals surface area contributed by atoms with Gasteiger partial charge in [-0.05, 0) is 48.9 Å². The van der Waals surface area contributed by atoms with E-state index in [-0.39, 0.29) is 11.3 Å². The molecule has 2 fully saturated rings. The van der Waals surface area contributed by atoms with Crippen LogP contribution in [0.15, 0.2) is 48.5 Å². The van der Waals surface area contributed by atoms with Gasteiger partial charge in [0.1, 0.15) is 0 Å². The molecule has 172 valence electrons. The lowest BCUT2D eigenvalue weighted by Crippen LogP contribution is -2.53. The van der Waals surface area contributed by atoms with Crippen LogP contribution in [-0.4, -0.2) is 53.1 Å². The van der Waals surface area contributed by atoms with Crippen LogP contribution in [0.4, 0.5) is 0 Å². The highest BCUT2D eigenvalue weighted by Gasteiger charge is 2.44. The van der Waals surface area contributed by atoms with Crippen LogP contribution in [0.3, 0.4) is 0 Å². The standard InChI is InChI=1S/C26H33NO5/c1-29-22-10-9-21(17-23(22)30-2)26(12-15-31-16-13-26)24(28)27-18-25(11-6-14-32-19-25)20-7-4-3-5-8-20/h3-5,7-10,17H,6,11-16,18-19H2,1-2H3,(H,27,28)/t25-/m0/s1. The van der Waals surface area contributed by atoms with E-state index in [1.165, 1.54) is 5.56 Å². The molecule has 6 nitrogen and oxygen atoms in total. The number of carbonyl (C=O) groups is 1. The van der Waals surface area contributed by atoms with Crippen LogP contribution in [-0.2, 0) is 25.1 Å². The fourth-order valence-electron chi connectivity index (χ4n) is 5.03. The fraction of sp³-hybridized carbons (Fsp3) is 0.500. The minimum Gasteiger partial charge on any atom is -0.493 e. The van der Waals surface area contributed by atoms with E-state index in [4.69, 9.17) is 18.9 Å². The van der Waals surface area contributed by atoms with Gasteiger partial charge < -0.3 is 24.3 Å². The number of carbonyl (C=O) groups excluding carboxylic acids is 1. The zero-order chi connectivity index (χ0) is 22.4. The van der Waals surface area contributed by atoms with Crippen molar-refractivity contribution in [1.29, 1.82) is 0 Å². The van der Waals surface area contributed by atoms with Crippen molar-refractivity contribution in [3.8, 4) is 11.5 Å². The van der Waals surface area contributed by atoms with Gasteiger partial charge in [-0.2, -0.15) is 0 Å². The van der Waals surface area contributed by atoms with Crippen LogP contribution in [0.2, 0.25) is 0 Å². The van der Waals surface area contributed by atoms with Gasteiger partial charge in [-0.25, -0.2) is 0 Å². The summed E-state index contributed by atoms with van der Waals surface area (Å²) in [6.07, 6.45) is 3.23. The lowest BCUT2D eigenvalue weighted by atomic mass is 9.72. The van der Waals surface area contributed by atoms with E-state index < -0.39 is 5.41 Å². The van der Waals surface area contributed by atoms with Gasteiger partial charge in [0.25, 0.3) is 0 Å². The average Bonchev–Trinajstić information content (AvgIpc) is 2.88. The molecule has 6 heteroatoms. The SMILES string of the molecule is COc1ccc(C2(C(=O)NC[C@@]3(c4ccccc4)CCCOC3)CCOCC2)cc1OC. The van der Waals surface area contributed by atoms with Gasteiger partial charge in [0.2, 0.25) is 5.91 Å². The second-order valence-corrected chi connectivity index (χ2v) is 8.75. The molecular weight excluding hydrogens is 406 g/mol. The third-order valence-corrected chi connectivity index (χ3v) is 7.01. The second kappa shape index (κ2) is 9.92. The summed E-state index contributed by atoms with van der Waals surface area (Å²) in [5.41, 5.74) is 1.28. The van der Waals surface area contributed by atoms with Crippen molar-refractivity contribution in [2.24, 2.45) is 0 Å². The fourth-order valence-corrected chi connectivity index (χ4v) is 5.03. The molecule has 0 bridgehead atoms. The zero-order valence-electron chi connectivity index (χ0n) is 19.0. The van der Waals surface area contributed by atoms with Crippen molar-refractivity contribution >= 4 is 5.91 Å². The van der Waals surface area contributed by atoms with E-state index in [9.17, 15) is 4.79 Å². The number of amides is 1. The highest BCUT2D eigenvalue weighted by atomic mass is 16.5. The maximum absolute atomic E-state index is 13.8. The van der Waals surface area contributed by atoms with Gasteiger partial charge in [0.05, 0.1) is 26.2 Å². The van der Waals surface area contributed by atoms with Crippen molar-refractivity contribution in [2.45, 2.75) is 36.5 Å². The lowest BCUT2D eigenvalue weighted by Gasteiger charge is -2.40. The number of methoxy groups -OCH3 is 2. The Morgan fingerprint density at radius 3 is 2.31 bits per heavy atom. The molecule has 2 aliphatic heterocycles. The van der Waals surface area contributed by atoms with Crippen LogP contribution in [0.1, 0.15) is 36.8 Å². The van der Waals surface area contributed by atoms with Crippen molar-refractivity contribution in [1.82, 2.24) is 5.32 Å². The molecule has 0 aliphatic carbocycles. The summed E-state index contributed by atoms with van der Waals surface area (Å²) in [5.74, 6) is 1.32. The number of ether oxygens (including phenoxy) is 4. The average molecular weight is 440 g/mol. The zero-order valence-corrected chi connectivity index (χ0v) is 19.0. The van der Waals surface area contributed by atoms with Crippen LogP contribution in [0, 0.1) is 0 Å². The van der Waals surface area contributed by atoms with Gasteiger partial charge in [-0.1, -0.05) is 36.4 Å². The number of rotatable bonds is 7. The number of hydrogen-bond donors (Lipinski definition) is 1. The third kappa shape index (κ3) is 4.34. The van der Waals surface area contributed by atoms with E-state index >= 15 is 0 Å². The summed E-state index contributed by atoms with van der Waals surface area (Å²) in [6, 6.07) is 16.2. The first-order valence-electron chi connectivity index (χ1n) is 11.4. The maximum Gasteiger partial charge on any atom is 0.230 e. The third-order valence-electron chi connectivity index (χ3n) is 7.01. The Morgan fingerprint density at radius 2 is 1.66 bits per heavy atom. The molecular formula is C26H33NO5. The van der Waals surface area contributed by atoms with Crippen LogP contribution in [0.5, 0.6) is 11.5 Å². The van der Waals surface area contributed by atoms with Gasteiger partial charge in [-0.15, -0.1) is 0 Å². The molecule has 2 aromatic carbocycles. The Balaban J connectivity index is 1.61. The Labute approximate surface area is 190 Å². The molecule has 0 radical (unpaired) electrons. The first-order valence-corrected chi connectivity index (χ1v) is 11.4. The molecule has 0 spiro atoms. The normalized spacial score (nSPS) is 22.7. The van der Waals surface area contributed by atoms with Crippen LogP contribution >= 0.6 is 0 Å². The molecule has 2 saturated heterocycles. The minimum absolute atomic E-state index is 0.0360. The molecule has 1 amide bonds. The molecule has 1 atom stereocenters. The monoisotopic (exact) mass is 439 g/mol. The van der Waals surface area contributed by atoms with Crippen molar-refractivity contribution in [3.63, 3.8) is 0 Å². The molecule has 32 heavy (non-hydrogen) atoms. The number of hydrogen-bond acceptors (Lipinski definition) is 5. The van der Waals surface area contributed by atoms with Gasteiger partial charge >= 0.3 is 0 Å². The summed E-state index contributed by atoms with van der Waals surface area (Å²) >= 11 is 0. The molecule has 2 aromatic rings. The summed E-state index contributed by atoms with van der Waals surface area (Å²) in [7, 11) is 3.23. The van der Waals surface area contributed by atoms with E-state index in [2.05, 4.69) is 29.6 Å². The topological polar surface area (TPSA) is 66.0 Å². The Morgan fingerprint density at radius 1 is 0.906 bits per heavy atom. The molecule has 0 unspecified atom stereocenters. The van der Waals surface area contributed by atoms with E-state index in [0.29, 0.717) is 50.7 Å². The van der Waals surface area contributed by atoms with Gasteiger partial charge in [0.15, 0.2) is 11.5 Å². The molecule has 1 N–H and O–H groups in total. The second-order valence-electron chi connectivity index (χ2n) is 8.75. The summed E-state index contributed by atoms with van der Waals surface area (Å²) in [4.78, 5) is 13.8. The largest absolute Gasteiger partial charge is 0.493 e. The molecule has 2 heterocycles. The number of nitrogens with one attached hydrogen (secondary N) is 1. The van der Waals surface area contributed by atoms with E-state index in [1.54, 1.807) is 14.2 Å². The minimum atomic E-state index is -0.662. The lowest BCUT2D eigenvalue weighted by molar-refractivity contribution is -0.131. The summed E-state index contributed by atoms with van der Waals surface area (Å²) < 4.78 is 22.4. The molecule has 0 saturated carbocycles. The van der Waals surface area contributed by atoms with E-state index in [0.717, 1.165) is 25.0 Å². The predicted octanol–water partition coefficient (Wildman–Crippen LogP) is 3.62. The molecule has 4 rings (SSSR count). The Hall–Kier alpha value is -2.57. The molecule has 2 aliphatic rings. The van der Waals surface area contributed by atoms with Crippen molar-refractivity contribution < 1.29 is 23.7 Å². The predicted molar refractivity (Wildman–Crippen MR) is 122 cm³/mol. The quantitative estimate of drug-likeness (QED) is 0.714. The first-order chi connectivity index (χ1) is 15.6. The highest BCUT2D eigenvalue weighted by molar-refractivity contribution is 5.88. The van der Waals surface area contributed by atoms with Crippen LogP contribution < -0.4 is 14.8 Å². The first kappa shape index (κ1) is 22.6. The van der Waals surface area contributed by atoms with E-state index in [1.807, 2.05) is 24.3 Å².